The molecule has 11 heteroatoms. The largest absolute Gasteiger partial charge is 0.384 e. The van der Waals surface area contributed by atoms with Gasteiger partial charge in [0.2, 0.25) is 21.7 Å². The summed E-state index contributed by atoms with van der Waals surface area (Å²) in [7, 11) is -3.79. The van der Waals surface area contributed by atoms with E-state index in [0.29, 0.717) is 48.2 Å². The van der Waals surface area contributed by atoms with E-state index in [2.05, 4.69) is 20.7 Å². The highest BCUT2D eigenvalue weighted by Gasteiger charge is 2.41. The van der Waals surface area contributed by atoms with Gasteiger partial charge in [0.25, 0.3) is 0 Å². The number of ketones is 1. The van der Waals surface area contributed by atoms with E-state index in [1.165, 1.54) is 11.3 Å². The Labute approximate surface area is 197 Å². The fourth-order valence-corrected chi connectivity index (χ4v) is 7.50. The molecular weight excluding hydrogens is 464 g/mol. The van der Waals surface area contributed by atoms with Crippen LogP contribution in [0, 0.1) is 11.8 Å². The molecule has 0 saturated heterocycles. The Balaban J connectivity index is 1.41. The van der Waals surface area contributed by atoms with E-state index in [1.807, 2.05) is 6.92 Å². The number of aliphatic hydroxyl groups excluding tert-OH is 1. The summed E-state index contributed by atoms with van der Waals surface area (Å²) >= 11 is 1.35. The van der Waals surface area contributed by atoms with E-state index in [1.54, 1.807) is 0 Å². The van der Waals surface area contributed by atoms with Crippen molar-refractivity contribution in [3.05, 3.63) is 21.8 Å². The number of hydrogen-bond donors (Lipinski definition) is 5. The minimum Gasteiger partial charge on any atom is -0.384 e. The lowest BCUT2D eigenvalue weighted by molar-refractivity contribution is -0.125. The van der Waals surface area contributed by atoms with Crippen LogP contribution in [-0.2, 0) is 32.5 Å². The molecule has 33 heavy (non-hydrogen) atoms. The SMILES string of the molecule is CCNC1=C(NC2CCc3sc(NC(=O)C4CC4)c(S(=O)(=O)NCC4CC4)c3C2)C(=O)C1O. The summed E-state index contributed by atoms with van der Waals surface area (Å²) in [4.78, 5) is 25.8. The molecule has 0 spiro atoms. The molecular formula is C22H30N4O5S2. The van der Waals surface area contributed by atoms with E-state index < -0.39 is 16.1 Å². The van der Waals surface area contributed by atoms with Crippen LogP contribution in [0.1, 0.15) is 49.5 Å². The third-order valence-electron chi connectivity index (χ3n) is 6.68. The van der Waals surface area contributed by atoms with Gasteiger partial charge in [-0.15, -0.1) is 11.3 Å². The third kappa shape index (κ3) is 4.55. The maximum absolute atomic E-state index is 13.3. The second-order valence-electron chi connectivity index (χ2n) is 9.39. The fraction of sp³-hybridized carbons (Fsp3) is 0.636. The maximum atomic E-state index is 13.3. The Morgan fingerprint density at radius 1 is 1.18 bits per heavy atom. The number of sulfonamides is 1. The van der Waals surface area contributed by atoms with Crippen molar-refractivity contribution < 1.29 is 23.1 Å². The van der Waals surface area contributed by atoms with Crippen LogP contribution in [0.3, 0.4) is 0 Å². The number of anilines is 1. The molecule has 0 aliphatic heterocycles. The smallest absolute Gasteiger partial charge is 0.243 e. The zero-order valence-corrected chi connectivity index (χ0v) is 20.2. The van der Waals surface area contributed by atoms with Gasteiger partial charge in [-0.25, -0.2) is 13.1 Å². The number of aryl methyl sites for hydroxylation is 1. The van der Waals surface area contributed by atoms with E-state index in [0.717, 1.165) is 42.5 Å². The van der Waals surface area contributed by atoms with Crippen molar-refractivity contribution in [3.8, 4) is 0 Å². The summed E-state index contributed by atoms with van der Waals surface area (Å²) in [5.74, 6) is -0.101. The summed E-state index contributed by atoms with van der Waals surface area (Å²) in [5, 5.41) is 19.5. The van der Waals surface area contributed by atoms with Crippen LogP contribution in [0.5, 0.6) is 0 Å². The molecule has 4 aliphatic rings. The summed E-state index contributed by atoms with van der Waals surface area (Å²) < 4.78 is 29.4. The Bertz CT molecular complexity index is 1120. The molecule has 2 unspecified atom stereocenters. The van der Waals surface area contributed by atoms with Crippen molar-refractivity contribution >= 4 is 38.1 Å². The molecule has 180 valence electrons. The monoisotopic (exact) mass is 494 g/mol. The quantitative estimate of drug-likeness (QED) is 0.327. The number of nitrogens with one attached hydrogen (secondary N) is 4. The minimum absolute atomic E-state index is 0.0269. The van der Waals surface area contributed by atoms with Crippen molar-refractivity contribution in [1.82, 2.24) is 15.4 Å². The lowest BCUT2D eigenvalue weighted by atomic mass is 9.90. The van der Waals surface area contributed by atoms with Crippen LogP contribution in [0.15, 0.2) is 16.3 Å². The maximum Gasteiger partial charge on any atom is 0.243 e. The summed E-state index contributed by atoms with van der Waals surface area (Å²) in [6.07, 6.45) is 4.43. The summed E-state index contributed by atoms with van der Waals surface area (Å²) in [6.45, 7) is 2.89. The number of carbonyl (C=O) groups excluding carboxylic acids is 2. The molecule has 1 aromatic heterocycles. The van der Waals surface area contributed by atoms with Gasteiger partial charge in [-0.2, -0.15) is 0 Å². The molecule has 1 aromatic rings. The van der Waals surface area contributed by atoms with Crippen molar-refractivity contribution in [1.29, 1.82) is 0 Å². The van der Waals surface area contributed by atoms with Gasteiger partial charge in [-0.05, 0) is 63.4 Å². The standard InChI is InChI=1S/C22H30N4O5S2/c1-2-23-16-17(19(28)18(16)27)25-13-7-8-15-14(9-13)20(33(30,31)24-10-11-3-4-11)22(32-15)26-21(29)12-5-6-12/h11-13,18,23-25,27H,2-10H2,1H3,(H,26,29). The summed E-state index contributed by atoms with van der Waals surface area (Å²) in [6, 6.07) is -0.142. The Kier molecular flexibility index (Phi) is 6.00. The van der Waals surface area contributed by atoms with Gasteiger partial charge in [0.1, 0.15) is 15.6 Å². The van der Waals surface area contributed by atoms with E-state index in [4.69, 9.17) is 0 Å². The van der Waals surface area contributed by atoms with Crippen LogP contribution >= 0.6 is 11.3 Å². The Morgan fingerprint density at radius 2 is 1.94 bits per heavy atom. The third-order valence-corrected chi connectivity index (χ3v) is 9.55. The average molecular weight is 495 g/mol. The molecule has 0 aromatic carbocycles. The number of hydrogen-bond acceptors (Lipinski definition) is 8. The molecule has 0 bridgehead atoms. The first-order chi connectivity index (χ1) is 15.8. The molecule has 0 radical (unpaired) electrons. The first-order valence-corrected chi connectivity index (χ1v) is 14.0. The highest BCUT2D eigenvalue weighted by Crippen LogP contribution is 2.43. The second kappa shape index (κ2) is 8.68. The van der Waals surface area contributed by atoms with Crippen molar-refractivity contribution in [2.45, 2.75) is 68.9 Å². The van der Waals surface area contributed by atoms with Crippen LogP contribution in [0.2, 0.25) is 0 Å². The van der Waals surface area contributed by atoms with Gasteiger partial charge >= 0.3 is 0 Å². The lowest BCUT2D eigenvalue weighted by Crippen LogP contribution is -2.51. The van der Waals surface area contributed by atoms with Gasteiger partial charge in [-0.3, -0.25) is 9.59 Å². The Morgan fingerprint density at radius 3 is 2.61 bits per heavy atom. The highest BCUT2D eigenvalue weighted by molar-refractivity contribution is 7.90. The van der Waals surface area contributed by atoms with Crippen LogP contribution in [-0.4, -0.2) is 50.5 Å². The predicted octanol–water partition coefficient (Wildman–Crippen LogP) is 0.997. The van der Waals surface area contributed by atoms with Crippen LogP contribution in [0.4, 0.5) is 5.00 Å². The molecule has 1 amide bonds. The zero-order valence-electron chi connectivity index (χ0n) is 18.6. The molecule has 5 rings (SSSR count). The topological polar surface area (TPSA) is 137 Å². The Hall–Kier alpha value is -1.95. The zero-order chi connectivity index (χ0) is 23.3. The van der Waals surface area contributed by atoms with Crippen molar-refractivity contribution in [3.63, 3.8) is 0 Å². The van der Waals surface area contributed by atoms with Crippen LogP contribution in [0.25, 0.3) is 0 Å². The first kappa shape index (κ1) is 22.8. The van der Waals surface area contributed by atoms with E-state index in [9.17, 15) is 23.1 Å². The fourth-order valence-electron chi connectivity index (χ4n) is 4.42. The molecule has 2 fully saturated rings. The number of amides is 1. The number of Topliss-reactive ketones (excluding diaryl/α,β-unsaturated/α-hetero) is 1. The first-order valence-electron chi connectivity index (χ1n) is 11.7. The van der Waals surface area contributed by atoms with Crippen molar-refractivity contribution in [2.75, 3.05) is 18.4 Å². The van der Waals surface area contributed by atoms with Gasteiger partial charge < -0.3 is 21.1 Å². The van der Waals surface area contributed by atoms with Gasteiger partial charge in [0.05, 0.1) is 5.70 Å². The number of aliphatic hydroxyl groups is 1. The molecule has 2 saturated carbocycles. The van der Waals surface area contributed by atoms with Crippen LogP contribution < -0.4 is 20.7 Å². The number of rotatable bonds is 10. The minimum atomic E-state index is -3.79. The van der Waals surface area contributed by atoms with E-state index in [-0.39, 0.29) is 28.5 Å². The lowest BCUT2D eigenvalue weighted by Gasteiger charge is -2.33. The number of fused-ring (bicyclic) bond motifs is 1. The van der Waals surface area contributed by atoms with Gasteiger partial charge in [0.15, 0.2) is 6.10 Å². The highest BCUT2D eigenvalue weighted by atomic mass is 32.2. The number of thiophene rings is 1. The predicted molar refractivity (Wildman–Crippen MR) is 124 cm³/mol. The molecule has 2 atom stereocenters. The van der Waals surface area contributed by atoms with E-state index >= 15 is 0 Å². The normalized spacial score (nSPS) is 24.8. The molecule has 1 heterocycles. The molecule has 5 N–H and O–H groups in total. The summed E-state index contributed by atoms with van der Waals surface area (Å²) in [5.41, 5.74) is 1.59. The number of carbonyl (C=O) groups is 2. The van der Waals surface area contributed by atoms with Crippen molar-refractivity contribution in [2.24, 2.45) is 11.8 Å². The number of likely N-dealkylation sites (N-methyl/N-ethyl adjacent to an activating group) is 1. The molecule has 4 aliphatic carbocycles. The molecule has 9 nitrogen and oxygen atoms in total. The second-order valence-corrected chi connectivity index (χ2v) is 12.2. The average Bonchev–Trinajstić information content (AvgIpc) is 3.70. The van der Waals surface area contributed by atoms with Gasteiger partial charge in [0, 0.05) is 29.9 Å². The van der Waals surface area contributed by atoms with Gasteiger partial charge in [-0.1, -0.05) is 0 Å².